The van der Waals surface area contributed by atoms with Crippen LogP contribution in [0.25, 0.3) is 0 Å². The summed E-state index contributed by atoms with van der Waals surface area (Å²) in [6.07, 6.45) is -2.31. The van der Waals surface area contributed by atoms with E-state index in [9.17, 15) is 14.4 Å². The third kappa shape index (κ3) is 42.8. The normalized spacial score (nSPS) is 12.7. The van der Waals surface area contributed by atoms with Gasteiger partial charge < -0.3 is 30.6 Å². The first-order valence-electron chi connectivity index (χ1n) is 6.57. The summed E-state index contributed by atoms with van der Waals surface area (Å²) >= 11 is 0. The van der Waals surface area contributed by atoms with Gasteiger partial charge in [-0.15, -0.1) is 0 Å². The highest BCUT2D eigenvalue weighted by molar-refractivity contribution is 6.08. The minimum atomic E-state index is -1.23. The Hall–Kier alpha value is -1.49. The van der Waals surface area contributed by atoms with Crippen molar-refractivity contribution in [1.29, 1.82) is 0 Å². The SMILES string of the molecule is CC(O)C(=O)O.CC(O)C(=O)O.CC(O)C(=O)O.CCC[SiH3]. The van der Waals surface area contributed by atoms with Crippen LogP contribution < -0.4 is 0 Å². The lowest BCUT2D eigenvalue weighted by molar-refractivity contribution is -0.146. The van der Waals surface area contributed by atoms with E-state index in [1.807, 2.05) is 0 Å². The summed E-state index contributed by atoms with van der Waals surface area (Å²) in [6.45, 7) is 5.81. The summed E-state index contributed by atoms with van der Waals surface area (Å²) in [5.74, 6) is -3.56. The maximum Gasteiger partial charge on any atom is 0.332 e. The lowest BCUT2D eigenvalue weighted by atomic mass is 10.4. The monoisotopic (exact) mass is 344 g/mol. The molecule has 0 saturated heterocycles. The molecule has 0 aromatic carbocycles. The number of aliphatic carboxylic acids is 3. The van der Waals surface area contributed by atoms with E-state index in [-0.39, 0.29) is 0 Å². The van der Waals surface area contributed by atoms with Crippen LogP contribution in [0, 0.1) is 0 Å². The van der Waals surface area contributed by atoms with E-state index >= 15 is 0 Å². The topological polar surface area (TPSA) is 173 Å². The van der Waals surface area contributed by atoms with Crippen molar-refractivity contribution in [1.82, 2.24) is 0 Å². The van der Waals surface area contributed by atoms with Gasteiger partial charge in [-0.05, 0) is 20.8 Å². The molecule has 0 heterocycles. The van der Waals surface area contributed by atoms with Gasteiger partial charge in [-0.3, -0.25) is 0 Å². The average Bonchev–Trinajstić information content (AvgIpc) is 2.39. The molecule has 10 heteroatoms. The fraction of sp³-hybridized carbons (Fsp3) is 0.750. The van der Waals surface area contributed by atoms with Crippen molar-refractivity contribution in [3.63, 3.8) is 0 Å². The van der Waals surface area contributed by atoms with Crippen molar-refractivity contribution >= 4 is 28.2 Å². The standard InChI is InChI=1S/3C3H6O3.C3H10Si/c3*1-2(4)3(5)6;1-2-3-4/h3*2,4H,1H3,(H,5,6);2-3H2,1,4H3. The fourth-order valence-electron chi connectivity index (χ4n) is 0. The van der Waals surface area contributed by atoms with Gasteiger partial charge in [0, 0.05) is 10.2 Å². The number of hydrogen-bond donors (Lipinski definition) is 6. The predicted molar refractivity (Wildman–Crippen MR) is 83.0 cm³/mol. The molecule has 0 aliphatic carbocycles. The van der Waals surface area contributed by atoms with Crippen molar-refractivity contribution in [2.24, 2.45) is 0 Å². The molecule has 3 unspecified atom stereocenters. The number of carboxylic acids is 3. The first-order chi connectivity index (χ1) is 9.84. The van der Waals surface area contributed by atoms with Gasteiger partial charge in [-0.2, -0.15) is 0 Å². The van der Waals surface area contributed by atoms with Crippen molar-refractivity contribution in [3.8, 4) is 0 Å². The van der Waals surface area contributed by atoms with Crippen LogP contribution in [0.1, 0.15) is 34.1 Å². The second kappa shape index (κ2) is 19.5. The maximum atomic E-state index is 9.45. The molecule has 0 aromatic heterocycles. The summed E-state index contributed by atoms with van der Waals surface area (Å²) in [5, 5.41) is 47.3. The number of carboxylic acid groups (broad SMARTS) is 3. The third-order valence-electron chi connectivity index (χ3n) is 1.57. The van der Waals surface area contributed by atoms with Crippen molar-refractivity contribution < 1.29 is 45.0 Å². The molecule has 0 saturated carbocycles. The van der Waals surface area contributed by atoms with E-state index in [1.54, 1.807) is 0 Å². The minimum absolute atomic E-state index is 1.19. The molecular weight excluding hydrogens is 316 g/mol. The Morgan fingerprint density at radius 1 is 0.773 bits per heavy atom. The van der Waals surface area contributed by atoms with Gasteiger partial charge in [-0.25, -0.2) is 14.4 Å². The van der Waals surface area contributed by atoms with Crippen LogP contribution in [0.5, 0.6) is 0 Å². The second-order valence-electron chi connectivity index (χ2n) is 4.04. The number of aliphatic hydroxyl groups excluding tert-OH is 3. The fourth-order valence-corrected chi connectivity index (χ4v) is 0. The van der Waals surface area contributed by atoms with Crippen LogP contribution in [0.2, 0.25) is 6.04 Å². The molecule has 9 nitrogen and oxygen atoms in total. The molecule has 134 valence electrons. The van der Waals surface area contributed by atoms with Gasteiger partial charge in [0.1, 0.15) is 18.3 Å². The highest BCUT2D eigenvalue weighted by atomic mass is 28.1. The molecule has 0 rings (SSSR count). The summed E-state index contributed by atoms with van der Waals surface area (Å²) < 4.78 is 0. The van der Waals surface area contributed by atoms with Crippen LogP contribution >= 0.6 is 0 Å². The zero-order valence-electron chi connectivity index (χ0n) is 13.6. The van der Waals surface area contributed by atoms with Gasteiger partial charge in [0.2, 0.25) is 0 Å². The summed E-state index contributed by atoms with van der Waals surface area (Å²) in [5.41, 5.74) is 0. The van der Waals surface area contributed by atoms with Gasteiger partial charge in [-0.1, -0.05) is 19.4 Å². The van der Waals surface area contributed by atoms with E-state index < -0.39 is 36.2 Å². The first-order valence-corrected chi connectivity index (χ1v) is 7.98. The Labute approximate surface area is 132 Å². The molecule has 0 amide bonds. The molecule has 0 fully saturated rings. The van der Waals surface area contributed by atoms with Crippen LogP contribution in [0.15, 0.2) is 0 Å². The Balaban J connectivity index is -0.0000000994. The maximum absolute atomic E-state index is 9.45. The summed E-state index contributed by atoms with van der Waals surface area (Å²) in [4.78, 5) is 28.3. The Kier molecular flexibility index (Phi) is 25.4. The van der Waals surface area contributed by atoms with Gasteiger partial charge in [0.05, 0.1) is 0 Å². The van der Waals surface area contributed by atoms with Crippen LogP contribution in [-0.2, 0) is 14.4 Å². The van der Waals surface area contributed by atoms with E-state index in [0.717, 1.165) is 0 Å². The van der Waals surface area contributed by atoms with Crippen molar-refractivity contribution in [2.75, 3.05) is 0 Å². The van der Waals surface area contributed by atoms with Crippen LogP contribution in [0.4, 0.5) is 0 Å². The second-order valence-corrected chi connectivity index (χ2v) is 5.04. The molecule has 0 bridgehead atoms. The summed E-state index contributed by atoms with van der Waals surface area (Å²) in [7, 11) is 1.39. The minimum Gasteiger partial charge on any atom is -0.479 e. The Morgan fingerprint density at radius 2 is 0.864 bits per heavy atom. The molecule has 0 spiro atoms. The zero-order chi connectivity index (χ0) is 18.9. The molecule has 6 N–H and O–H groups in total. The number of aliphatic hydroxyl groups is 3. The van der Waals surface area contributed by atoms with E-state index in [2.05, 4.69) is 6.92 Å². The van der Waals surface area contributed by atoms with Crippen LogP contribution in [-0.4, -0.2) is 77.1 Å². The molecular formula is C12H28O9Si. The smallest absolute Gasteiger partial charge is 0.332 e. The number of rotatable bonds is 4. The summed E-state index contributed by atoms with van der Waals surface area (Å²) in [6, 6.07) is 1.46. The van der Waals surface area contributed by atoms with Crippen molar-refractivity contribution in [2.45, 2.75) is 58.5 Å². The molecule has 0 aliphatic rings. The molecule has 3 atom stereocenters. The Morgan fingerprint density at radius 3 is 0.864 bits per heavy atom. The Bertz CT molecular complexity index is 246. The third-order valence-corrected chi connectivity index (χ3v) is 2.57. The highest BCUT2D eigenvalue weighted by Gasteiger charge is 2.02. The average molecular weight is 344 g/mol. The van der Waals surface area contributed by atoms with Crippen LogP contribution in [0.3, 0.4) is 0 Å². The lowest BCUT2D eigenvalue weighted by Gasteiger charge is -1.89. The molecule has 22 heavy (non-hydrogen) atoms. The van der Waals surface area contributed by atoms with E-state index in [4.69, 9.17) is 30.6 Å². The van der Waals surface area contributed by atoms with E-state index in [0.29, 0.717) is 0 Å². The zero-order valence-corrected chi connectivity index (χ0v) is 15.6. The largest absolute Gasteiger partial charge is 0.479 e. The molecule has 0 aliphatic heterocycles. The van der Waals surface area contributed by atoms with Gasteiger partial charge in [0.25, 0.3) is 0 Å². The highest BCUT2D eigenvalue weighted by Crippen LogP contribution is 1.74. The lowest BCUT2D eigenvalue weighted by Crippen LogP contribution is -2.13. The van der Waals surface area contributed by atoms with Gasteiger partial charge in [0.15, 0.2) is 0 Å². The van der Waals surface area contributed by atoms with E-state index in [1.165, 1.54) is 43.5 Å². The van der Waals surface area contributed by atoms with Gasteiger partial charge >= 0.3 is 17.9 Å². The number of carbonyl (C=O) groups is 3. The quantitative estimate of drug-likeness (QED) is 0.333. The molecule has 0 aromatic rings. The molecule has 0 radical (unpaired) electrons. The predicted octanol–water partition coefficient (Wildman–Crippen LogP) is -1.46. The van der Waals surface area contributed by atoms with Crippen molar-refractivity contribution in [3.05, 3.63) is 0 Å². The number of hydrogen-bond acceptors (Lipinski definition) is 6. The first kappa shape index (κ1) is 28.6.